The number of amides is 2. The van der Waals surface area contributed by atoms with Gasteiger partial charge in [-0.05, 0) is 54.1 Å². The Morgan fingerprint density at radius 3 is 1.93 bits per heavy atom. The van der Waals surface area contributed by atoms with Crippen LogP contribution in [0.15, 0.2) is 78.9 Å². The second-order valence-electron chi connectivity index (χ2n) is 7.20. The van der Waals surface area contributed by atoms with Gasteiger partial charge in [-0.1, -0.05) is 30.3 Å². The highest BCUT2D eigenvalue weighted by Gasteiger charge is 2.60. The van der Waals surface area contributed by atoms with Crippen LogP contribution in [0.5, 0.6) is 0 Å². The Hall–Kier alpha value is -3.58. The zero-order valence-corrected chi connectivity index (χ0v) is 15.6. The number of rotatable bonds is 3. The Kier molecular flexibility index (Phi) is 4.33. The van der Waals surface area contributed by atoms with Crippen molar-refractivity contribution < 1.29 is 23.2 Å². The van der Waals surface area contributed by atoms with E-state index in [9.17, 15) is 18.4 Å². The van der Waals surface area contributed by atoms with Crippen LogP contribution in [0.1, 0.15) is 11.6 Å². The second kappa shape index (κ2) is 7.03. The molecule has 0 unspecified atom stereocenters. The Morgan fingerprint density at radius 1 is 0.700 bits per heavy atom. The van der Waals surface area contributed by atoms with E-state index in [0.717, 1.165) is 4.90 Å². The molecule has 2 fully saturated rings. The van der Waals surface area contributed by atoms with Crippen molar-refractivity contribution >= 4 is 23.2 Å². The molecule has 5 rings (SSSR count). The summed E-state index contributed by atoms with van der Waals surface area (Å²) in [5.41, 5.74) is 1.61. The number of para-hydroxylation sites is 1. The van der Waals surface area contributed by atoms with E-state index in [-0.39, 0.29) is 5.69 Å². The minimum absolute atomic E-state index is 0.286. The van der Waals surface area contributed by atoms with Crippen LogP contribution in [0.2, 0.25) is 0 Å². The summed E-state index contributed by atoms with van der Waals surface area (Å²) < 4.78 is 26.8. The van der Waals surface area contributed by atoms with Crippen molar-refractivity contribution in [2.45, 2.75) is 12.1 Å². The number of carbonyl (C=O) groups excluding carboxylic acids is 2. The Bertz CT molecular complexity index is 1100. The molecule has 30 heavy (non-hydrogen) atoms. The van der Waals surface area contributed by atoms with Gasteiger partial charge in [0, 0.05) is 0 Å². The lowest BCUT2D eigenvalue weighted by Crippen LogP contribution is -2.37. The smallest absolute Gasteiger partial charge is 0.266 e. The number of carbonyl (C=O) groups is 2. The monoisotopic (exact) mass is 406 g/mol. The maximum Gasteiger partial charge on any atom is 0.266 e. The van der Waals surface area contributed by atoms with Gasteiger partial charge in [0.05, 0.1) is 17.4 Å². The number of hydrogen-bond acceptors (Lipinski definition) is 4. The average molecular weight is 406 g/mol. The topological polar surface area (TPSA) is 49.9 Å². The van der Waals surface area contributed by atoms with Crippen LogP contribution in [0.3, 0.4) is 0 Å². The second-order valence-corrected chi connectivity index (χ2v) is 7.20. The molecule has 0 radical (unpaired) electrons. The van der Waals surface area contributed by atoms with Crippen LogP contribution < -0.4 is 9.96 Å². The molecule has 5 nitrogen and oxygen atoms in total. The normalized spacial score (nSPS) is 23.2. The van der Waals surface area contributed by atoms with E-state index in [1.54, 1.807) is 17.2 Å². The standard InChI is InChI=1S/C23H16F2N2O3/c24-15-8-6-14(7-9-15)20-19-21(30-27(20)18-4-2-1-3-5-18)23(29)26(22(19)28)17-12-10-16(25)11-13-17/h1-13,19-21H/t19-,20-,21+/m0/s1. The summed E-state index contributed by atoms with van der Waals surface area (Å²) in [6, 6.07) is 19.4. The summed E-state index contributed by atoms with van der Waals surface area (Å²) >= 11 is 0. The van der Waals surface area contributed by atoms with Gasteiger partial charge in [-0.15, -0.1) is 0 Å². The molecular formula is C23H16F2N2O3. The van der Waals surface area contributed by atoms with Gasteiger partial charge in [0.2, 0.25) is 5.91 Å². The highest BCUT2D eigenvalue weighted by atomic mass is 19.1. The van der Waals surface area contributed by atoms with Crippen LogP contribution >= 0.6 is 0 Å². The molecule has 0 spiro atoms. The molecule has 3 aromatic carbocycles. The summed E-state index contributed by atoms with van der Waals surface area (Å²) in [5, 5.41) is 1.54. The lowest BCUT2D eigenvalue weighted by molar-refractivity contribution is -0.126. The van der Waals surface area contributed by atoms with Crippen LogP contribution in [-0.4, -0.2) is 17.9 Å². The fourth-order valence-electron chi connectivity index (χ4n) is 4.06. The maximum atomic E-state index is 13.5. The number of halogens is 2. The van der Waals surface area contributed by atoms with Gasteiger partial charge in [-0.2, -0.15) is 0 Å². The van der Waals surface area contributed by atoms with Gasteiger partial charge < -0.3 is 0 Å². The molecule has 0 aromatic heterocycles. The van der Waals surface area contributed by atoms with Crippen LogP contribution in [0.25, 0.3) is 0 Å². The first-order chi connectivity index (χ1) is 14.5. The molecule has 2 aliphatic rings. The van der Waals surface area contributed by atoms with E-state index in [4.69, 9.17) is 4.84 Å². The molecule has 2 aliphatic heterocycles. The molecule has 2 saturated heterocycles. The summed E-state index contributed by atoms with van der Waals surface area (Å²) in [7, 11) is 0. The summed E-state index contributed by atoms with van der Waals surface area (Å²) in [6.45, 7) is 0. The quantitative estimate of drug-likeness (QED) is 0.617. The minimum atomic E-state index is -1.03. The molecule has 0 bridgehead atoms. The highest BCUT2D eigenvalue weighted by Crippen LogP contribution is 2.47. The Labute approximate surface area is 171 Å². The van der Waals surface area contributed by atoms with Crippen molar-refractivity contribution in [3.8, 4) is 0 Å². The van der Waals surface area contributed by atoms with E-state index in [1.807, 2.05) is 30.3 Å². The Balaban J connectivity index is 1.58. The third-order valence-electron chi connectivity index (χ3n) is 5.42. The summed E-state index contributed by atoms with van der Waals surface area (Å²) in [6.07, 6.45) is -1.03. The van der Waals surface area contributed by atoms with Crippen molar-refractivity contribution in [2.75, 3.05) is 9.96 Å². The number of fused-ring (bicyclic) bond motifs is 1. The van der Waals surface area contributed by atoms with E-state index in [1.165, 1.54) is 36.4 Å². The number of hydroxylamine groups is 1. The SMILES string of the molecule is O=C1[C@@H]2[C@@H](ON(c3ccccc3)[C@H]2c2ccc(F)cc2)C(=O)N1c1ccc(F)cc1. The van der Waals surface area contributed by atoms with Crippen molar-refractivity contribution in [3.63, 3.8) is 0 Å². The molecule has 150 valence electrons. The number of benzene rings is 3. The van der Waals surface area contributed by atoms with Crippen LogP contribution in [0.4, 0.5) is 20.2 Å². The van der Waals surface area contributed by atoms with E-state index in [0.29, 0.717) is 11.3 Å². The highest BCUT2D eigenvalue weighted by molar-refractivity contribution is 6.23. The number of imide groups is 1. The largest absolute Gasteiger partial charge is 0.273 e. The van der Waals surface area contributed by atoms with E-state index < -0.39 is 41.5 Å². The third kappa shape index (κ3) is 2.86. The fourth-order valence-corrected chi connectivity index (χ4v) is 4.06. The first kappa shape index (κ1) is 18.4. The Morgan fingerprint density at radius 2 is 1.30 bits per heavy atom. The maximum absolute atomic E-state index is 13.5. The summed E-state index contributed by atoms with van der Waals surface area (Å²) in [5.74, 6) is -2.64. The molecule has 2 heterocycles. The fraction of sp³-hybridized carbons (Fsp3) is 0.130. The van der Waals surface area contributed by atoms with E-state index >= 15 is 0 Å². The van der Waals surface area contributed by atoms with Gasteiger partial charge in [0.15, 0.2) is 6.10 Å². The molecule has 3 aromatic rings. The molecule has 2 amide bonds. The number of hydrogen-bond donors (Lipinski definition) is 0. The number of nitrogens with zero attached hydrogens (tertiary/aromatic N) is 2. The van der Waals surface area contributed by atoms with Crippen molar-refractivity contribution in [1.82, 2.24) is 0 Å². The number of anilines is 2. The first-order valence-corrected chi connectivity index (χ1v) is 9.44. The molecule has 0 saturated carbocycles. The molecule has 0 aliphatic carbocycles. The lowest BCUT2D eigenvalue weighted by atomic mass is 9.90. The van der Waals surface area contributed by atoms with Gasteiger partial charge >= 0.3 is 0 Å². The predicted octanol–water partition coefficient (Wildman–Crippen LogP) is 4.02. The molecule has 0 N–H and O–H groups in total. The van der Waals surface area contributed by atoms with Gasteiger partial charge in [0.25, 0.3) is 5.91 Å². The van der Waals surface area contributed by atoms with E-state index in [2.05, 4.69) is 0 Å². The zero-order chi connectivity index (χ0) is 20.8. The minimum Gasteiger partial charge on any atom is -0.273 e. The van der Waals surface area contributed by atoms with Crippen molar-refractivity contribution in [2.24, 2.45) is 5.92 Å². The summed E-state index contributed by atoms with van der Waals surface area (Å²) in [4.78, 5) is 33.4. The molecule has 3 atom stereocenters. The van der Waals surface area contributed by atoms with Gasteiger partial charge in [-0.25, -0.2) is 18.7 Å². The van der Waals surface area contributed by atoms with Crippen molar-refractivity contribution in [1.29, 1.82) is 0 Å². The average Bonchev–Trinajstić information content (AvgIpc) is 3.27. The predicted molar refractivity (Wildman–Crippen MR) is 105 cm³/mol. The lowest BCUT2D eigenvalue weighted by Gasteiger charge is -2.28. The van der Waals surface area contributed by atoms with Crippen molar-refractivity contribution in [3.05, 3.63) is 96.1 Å². The van der Waals surface area contributed by atoms with Crippen LogP contribution in [-0.2, 0) is 14.4 Å². The van der Waals surface area contributed by atoms with Gasteiger partial charge in [0.1, 0.15) is 17.6 Å². The zero-order valence-electron chi connectivity index (χ0n) is 15.6. The first-order valence-electron chi connectivity index (χ1n) is 9.44. The molecular weight excluding hydrogens is 390 g/mol. The third-order valence-corrected chi connectivity index (χ3v) is 5.42. The van der Waals surface area contributed by atoms with Gasteiger partial charge in [-0.3, -0.25) is 14.4 Å². The molecule has 7 heteroatoms. The van der Waals surface area contributed by atoms with Crippen LogP contribution in [0, 0.1) is 17.6 Å².